The predicted molar refractivity (Wildman–Crippen MR) is 125 cm³/mol. The third kappa shape index (κ3) is 6.96. The summed E-state index contributed by atoms with van der Waals surface area (Å²) in [6, 6.07) is 8.06. The van der Waals surface area contributed by atoms with E-state index in [1.807, 2.05) is 50.8 Å². The van der Waals surface area contributed by atoms with Crippen molar-refractivity contribution in [3.63, 3.8) is 0 Å². The number of rotatable bonds is 6. The van der Waals surface area contributed by atoms with Crippen LogP contribution in [0.4, 0.5) is 10.5 Å². The summed E-state index contributed by atoms with van der Waals surface area (Å²) < 4.78 is 5.50. The second kappa shape index (κ2) is 10.5. The number of nitrogens with zero attached hydrogens (tertiary/aromatic N) is 3. The second-order valence-corrected chi connectivity index (χ2v) is 9.86. The fourth-order valence-electron chi connectivity index (χ4n) is 4.41. The number of hydrogen-bond acceptors (Lipinski definition) is 5. The number of anilines is 1. The number of benzene rings is 1. The van der Waals surface area contributed by atoms with Gasteiger partial charge in [0.2, 0.25) is 0 Å². The van der Waals surface area contributed by atoms with Gasteiger partial charge in [0, 0.05) is 56.9 Å². The molecular formula is C25H39N3O3. The maximum atomic E-state index is 12.2. The number of ether oxygens (including phenoxy) is 1. The van der Waals surface area contributed by atoms with E-state index in [9.17, 15) is 9.59 Å². The van der Waals surface area contributed by atoms with Crippen molar-refractivity contribution in [3.8, 4) is 0 Å². The highest BCUT2D eigenvalue weighted by Gasteiger charge is 2.27. The van der Waals surface area contributed by atoms with Crippen LogP contribution in [-0.2, 0) is 4.74 Å². The van der Waals surface area contributed by atoms with Crippen molar-refractivity contribution in [2.75, 3.05) is 50.7 Å². The fourth-order valence-corrected chi connectivity index (χ4v) is 4.41. The average Bonchev–Trinajstić information content (AvgIpc) is 2.77. The Labute approximate surface area is 187 Å². The molecule has 0 aromatic heterocycles. The molecule has 3 rings (SSSR count). The normalized spacial score (nSPS) is 18.8. The number of carbonyl (C=O) groups excluding carboxylic acids is 2. The Bertz CT molecular complexity index is 743. The molecule has 0 unspecified atom stereocenters. The van der Waals surface area contributed by atoms with Gasteiger partial charge in [0.15, 0.2) is 5.78 Å². The summed E-state index contributed by atoms with van der Waals surface area (Å²) in [6.45, 7) is 14.5. The number of amides is 1. The number of carbonyl (C=O) groups is 2. The lowest BCUT2D eigenvalue weighted by Gasteiger charge is -2.38. The molecule has 0 bridgehead atoms. The summed E-state index contributed by atoms with van der Waals surface area (Å²) in [5.41, 5.74) is 1.55. The molecule has 0 saturated carbocycles. The summed E-state index contributed by atoms with van der Waals surface area (Å²) in [6.07, 6.45) is 3.71. The first-order valence-electron chi connectivity index (χ1n) is 11.8. The molecule has 0 radical (unpaired) electrons. The minimum absolute atomic E-state index is 0.174. The Balaban J connectivity index is 1.38. The van der Waals surface area contributed by atoms with Gasteiger partial charge in [-0.15, -0.1) is 0 Å². The molecular weight excluding hydrogens is 390 g/mol. The summed E-state index contributed by atoms with van der Waals surface area (Å²) in [5.74, 6) is 0.895. The van der Waals surface area contributed by atoms with Crippen molar-refractivity contribution >= 4 is 17.6 Å². The number of Topliss-reactive ketones (excluding diaryl/α,β-unsaturated/α-hetero) is 1. The van der Waals surface area contributed by atoms with Gasteiger partial charge < -0.3 is 14.5 Å². The number of piperidine rings is 1. The molecule has 1 amide bonds. The highest BCUT2D eigenvalue weighted by atomic mass is 16.6. The lowest BCUT2D eigenvalue weighted by atomic mass is 9.93. The molecule has 2 saturated heterocycles. The van der Waals surface area contributed by atoms with Crippen LogP contribution in [0.25, 0.3) is 0 Å². The first kappa shape index (κ1) is 23.6. The van der Waals surface area contributed by atoms with Gasteiger partial charge in [0.25, 0.3) is 0 Å². The molecule has 2 aliphatic heterocycles. The molecule has 0 N–H and O–H groups in total. The van der Waals surface area contributed by atoms with Crippen LogP contribution in [0.5, 0.6) is 0 Å². The molecule has 1 aromatic carbocycles. The topological polar surface area (TPSA) is 53.1 Å². The van der Waals surface area contributed by atoms with Crippen molar-refractivity contribution in [1.29, 1.82) is 0 Å². The van der Waals surface area contributed by atoms with Crippen LogP contribution in [0.1, 0.15) is 63.7 Å². The van der Waals surface area contributed by atoms with E-state index >= 15 is 0 Å². The zero-order valence-electron chi connectivity index (χ0n) is 19.7. The van der Waals surface area contributed by atoms with Crippen molar-refractivity contribution in [2.45, 2.75) is 59.0 Å². The first-order chi connectivity index (χ1) is 14.7. The molecule has 0 spiro atoms. The Kier molecular flexibility index (Phi) is 7.98. The molecule has 1 aromatic rings. The van der Waals surface area contributed by atoms with Gasteiger partial charge in [-0.2, -0.15) is 0 Å². The lowest BCUT2D eigenvalue weighted by Crippen LogP contribution is -2.47. The summed E-state index contributed by atoms with van der Waals surface area (Å²) in [7, 11) is 0. The smallest absolute Gasteiger partial charge is 0.410 e. The summed E-state index contributed by atoms with van der Waals surface area (Å²) >= 11 is 0. The van der Waals surface area contributed by atoms with Gasteiger partial charge in [-0.05, 0) is 64.6 Å². The average molecular weight is 430 g/mol. The number of likely N-dealkylation sites (tertiary alicyclic amines) is 1. The van der Waals surface area contributed by atoms with Crippen LogP contribution in [0.3, 0.4) is 0 Å². The van der Waals surface area contributed by atoms with Gasteiger partial charge in [-0.25, -0.2) is 4.79 Å². The predicted octanol–water partition coefficient (Wildman–Crippen LogP) is 4.44. The molecule has 6 nitrogen and oxygen atoms in total. The van der Waals surface area contributed by atoms with E-state index in [0.29, 0.717) is 12.3 Å². The fraction of sp³-hybridized carbons (Fsp3) is 0.680. The summed E-state index contributed by atoms with van der Waals surface area (Å²) in [5, 5.41) is 0. The molecule has 0 aliphatic carbocycles. The second-order valence-electron chi connectivity index (χ2n) is 9.86. The Morgan fingerprint density at radius 2 is 1.71 bits per heavy atom. The van der Waals surface area contributed by atoms with Gasteiger partial charge in [0.1, 0.15) is 5.60 Å². The minimum Gasteiger partial charge on any atom is -0.444 e. The van der Waals surface area contributed by atoms with E-state index in [4.69, 9.17) is 4.74 Å². The quantitative estimate of drug-likeness (QED) is 0.626. The largest absolute Gasteiger partial charge is 0.444 e. The standard InChI is InChI=1S/C25H39N3O3/c1-5-23(29)21-7-6-8-22(19-21)27-17-15-26(16-18-27)12-9-20-10-13-28(14-11-20)24(30)31-25(2,3)4/h6-8,19-20H,5,9-18H2,1-4H3. The highest BCUT2D eigenvalue weighted by Crippen LogP contribution is 2.24. The van der Waals surface area contributed by atoms with Crippen molar-refractivity contribution in [3.05, 3.63) is 29.8 Å². The van der Waals surface area contributed by atoms with E-state index in [1.54, 1.807) is 0 Å². The number of ketones is 1. The summed E-state index contributed by atoms with van der Waals surface area (Å²) in [4.78, 5) is 31.0. The Morgan fingerprint density at radius 3 is 2.32 bits per heavy atom. The van der Waals surface area contributed by atoms with E-state index in [2.05, 4.69) is 15.9 Å². The van der Waals surface area contributed by atoms with E-state index in [0.717, 1.165) is 69.9 Å². The SMILES string of the molecule is CCC(=O)c1cccc(N2CCN(CCC3CCN(C(=O)OC(C)(C)C)CC3)CC2)c1. The van der Waals surface area contributed by atoms with Gasteiger partial charge in [-0.1, -0.05) is 19.1 Å². The zero-order valence-corrected chi connectivity index (χ0v) is 19.7. The van der Waals surface area contributed by atoms with Crippen LogP contribution >= 0.6 is 0 Å². The minimum atomic E-state index is -0.428. The third-order valence-corrected chi connectivity index (χ3v) is 6.35. The van der Waals surface area contributed by atoms with E-state index in [-0.39, 0.29) is 11.9 Å². The van der Waals surface area contributed by atoms with Crippen molar-refractivity contribution < 1.29 is 14.3 Å². The Hall–Kier alpha value is -2.08. The van der Waals surface area contributed by atoms with Crippen LogP contribution < -0.4 is 4.90 Å². The van der Waals surface area contributed by atoms with Crippen molar-refractivity contribution in [2.24, 2.45) is 5.92 Å². The highest BCUT2D eigenvalue weighted by molar-refractivity contribution is 5.96. The molecule has 2 aliphatic rings. The van der Waals surface area contributed by atoms with Crippen molar-refractivity contribution in [1.82, 2.24) is 9.80 Å². The molecule has 0 atom stereocenters. The van der Waals surface area contributed by atoms with Crippen LogP contribution in [-0.4, -0.2) is 73.1 Å². The molecule has 6 heteroatoms. The zero-order chi connectivity index (χ0) is 22.4. The monoisotopic (exact) mass is 429 g/mol. The van der Waals surface area contributed by atoms with Crippen LogP contribution in [0, 0.1) is 5.92 Å². The van der Waals surface area contributed by atoms with Gasteiger partial charge in [0.05, 0.1) is 0 Å². The Morgan fingerprint density at radius 1 is 1.03 bits per heavy atom. The lowest BCUT2D eigenvalue weighted by molar-refractivity contribution is 0.0177. The molecule has 31 heavy (non-hydrogen) atoms. The van der Waals surface area contributed by atoms with Gasteiger partial charge in [-0.3, -0.25) is 9.69 Å². The maximum absolute atomic E-state index is 12.2. The number of hydrogen-bond donors (Lipinski definition) is 0. The van der Waals surface area contributed by atoms with E-state index < -0.39 is 5.60 Å². The molecule has 2 heterocycles. The van der Waals surface area contributed by atoms with E-state index in [1.165, 1.54) is 6.42 Å². The molecule has 2 fully saturated rings. The first-order valence-corrected chi connectivity index (χ1v) is 11.8. The van der Waals surface area contributed by atoms with Crippen LogP contribution in [0.15, 0.2) is 24.3 Å². The third-order valence-electron chi connectivity index (χ3n) is 6.35. The number of piperazine rings is 1. The maximum Gasteiger partial charge on any atom is 0.410 e. The molecule has 172 valence electrons. The van der Waals surface area contributed by atoms with Crippen LogP contribution in [0.2, 0.25) is 0 Å². The van der Waals surface area contributed by atoms with Gasteiger partial charge >= 0.3 is 6.09 Å².